The Morgan fingerprint density at radius 1 is 1.11 bits per heavy atom. The molecule has 0 bridgehead atoms. The van der Waals surface area contributed by atoms with E-state index >= 15 is 0 Å². The monoisotopic (exact) mass is 482 g/mol. The highest BCUT2D eigenvalue weighted by atomic mass is 19.1. The maximum Gasteiger partial charge on any atom is 0.328 e. The summed E-state index contributed by atoms with van der Waals surface area (Å²) in [4.78, 5) is 25.4. The molecule has 8 nitrogen and oxygen atoms in total. The third-order valence-electron chi connectivity index (χ3n) is 5.60. The molecule has 2 aromatic carbocycles. The number of rotatable bonds is 8. The maximum atomic E-state index is 14.9. The Balaban J connectivity index is 1.80. The summed E-state index contributed by atoms with van der Waals surface area (Å²) in [6.45, 7) is 4.80. The molecule has 1 heterocycles. The van der Waals surface area contributed by atoms with Crippen molar-refractivity contribution in [2.24, 2.45) is 0 Å². The summed E-state index contributed by atoms with van der Waals surface area (Å²) in [5.74, 6) is -3.53. The minimum absolute atomic E-state index is 0.0723. The van der Waals surface area contributed by atoms with Crippen molar-refractivity contribution in [2.75, 3.05) is 7.11 Å². The van der Waals surface area contributed by atoms with Crippen molar-refractivity contribution >= 4 is 11.9 Å². The number of carbonyl (C=O) groups excluding carboxylic acids is 2. The van der Waals surface area contributed by atoms with Gasteiger partial charge in [-0.25, -0.2) is 9.18 Å². The van der Waals surface area contributed by atoms with Crippen LogP contribution >= 0.6 is 0 Å². The third kappa shape index (κ3) is 5.68. The molecule has 0 unspecified atom stereocenters. The summed E-state index contributed by atoms with van der Waals surface area (Å²) >= 11 is 0. The highest BCUT2D eigenvalue weighted by Crippen LogP contribution is 2.32. The van der Waals surface area contributed by atoms with Gasteiger partial charge >= 0.3 is 17.6 Å². The first-order valence-corrected chi connectivity index (χ1v) is 11.0. The molecule has 3 atom stereocenters. The molecule has 0 spiro atoms. The molecular weight excluding hydrogens is 455 g/mol. The average molecular weight is 483 g/mol. The van der Waals surface area contributed by atoms with Gasteiger partial charge in [-0.15, -0.1) is 0 Å². The van der Waals surface area contributed by atoms with E-state index in [0.29, 0.717) is 5.56 Å². The maximum absolute atomic E-state index is 14.9. The number of hydrogen-bond acceptors (Lipinski definition) is 6. The summed E-state index contributed by atoms with van der Waals surface area (Å²) in [6, 6.07) is 14.0. The van der Waals surface area contributed by atoms with E-state index in [1.165, 1.54) is 26.2 Å². The van der Waals surface area contributed by atoms with Gasteiger partial charge in [0.15, 0.2) is 11.9 Å². The summed E-state index contributed by atoms with van der Waals surface area (Å²) in [5.41, 5.74) is 1.25. The number of ether oxygens (including phenoxy) is 2. The number of hydrogen-bond donors (Lipinski definition) is 2. The number of amides is 1. The number of nitrogens with zero attached hydrogens (tertiary/aromatic N) is 1. The predicted molar refractivity (Wildman–Crippen MR) is 126 cm³/mol. The van der Waals surface area contributed by atoms with Crippen molar-refractivity contribution in [3.8, 4) is 11.5 Å². The molecule has 0 saturated heterocycles. The van der Waals surface area contributed by atoms with Gasteiger partial charge < -0.3 is 25.1 Å². The standard InChI is InChI=1S/C26H27FN2O6/c1-15-10-11-19(20(27)14-15)22(18-8-6-5-7-9-18)17(3)35-26(32)16(2)28-25(31)23-24(30)21(34-4)12-13-29(23)33/h5-14,16-17,22,30H,1-4H3,(H,28,31)/t16-,17-,22+/m0/s1. The average Bonchev–Trinajstić information content (AvgIpc) is 2.81. The molecule has 0 aliphatic carbocycles. The van der Waals surface area contributed by atoms with E-state index in [1.807, 2.05) is 30.3 Å². The molecule has 2 N–H and O–H groups in total. The van der Waals surface area contributed by atoms with Crippen molar-refractivity contribution in [3.05, 3.63) is 94.2 Å². The van der Waals surface area contributed by atoms with Crippen LogP contribution in [0.1, 0.15) is 46.9 Å². The van der Waals surface area contributed by atoms with E-state index in [9.17, 15) is 24.3 Å². The van der Waals surface area contributed by atoms with Crippen LogP contribution in [0.5, 0.6) is 11.5 Å². The lowest BCUT2D eigenvalue weighted by molar-refractivity contribution is -0.608. The Labute approximate surface area is 202 Å². The van der Waals surface area contributed by atoms with Crippen molar-refractivity contribution in [2.45, 2.75) is 38.8 Å². The second-order valence-corrected chi connectivity index (χ2v) is 8.16. The number of pyridine rings is 1. The quantitative estimate of drug-likeness (QED) is 0.289. The summed E-state index contributed by atoms with van der Waals surface area (Å²) in [6.07, 6.45) is 0.204. The van der Waals surface area contributed by atoms with Crippen LogP contribution in [0.15, 0.2) is 60.8 Å². The van der Waals surface area contributed by atoms with Crippen LogP contribution in [0.3, 0.4) is 0 Å². The van der Waals surface area contributed by atoms with E-state index < -0.39 is 47.2 Å². The van der Waals surface area contributed by atoms with Gasteiger partial charge in [-0.3, -0.25) is 4.79 Å². The van der Waals surface area contributed by atoms with E-state index in [4.69, 9.17) is 9.47 Å². The van der Waals surface area contributed by atoms with Crippen molar-refractivity contribution < 1.29 is 33.3 Å². The highest BCUT2D eigenvalue weighted by molar-refractivity contribution is 5.96. The summed E-state index contributed by atoms with van der Waals surface area (Å²) in [7, 11) is 1.27. The Morgan fingerprint density at radius 3 is 2.43 bits per heavy atom. The van der Waals surface area contributed by atoms with Crippen LogP contribution in [0.2, 0.25) is 0 Å². The van der Waals surface area contributed by atoms with Crippen molar-refractivity contribution in [1.29, 1.82) is 0 Å². The van der Waals surface area contributed by atoms with E-state index in [0.717, 1.165) is 17.3 Å². The Hall–Kier alpha value is -4.14. The van der Waals surface area contributed by atoms with Crippen LogP contribution in [-0.4, -0.2) is 36.2 Å². The first-order valence-electron chi connectivity index (χ1n) is 11.0. The Kier molecular flexibility index (Phi) is 7.91. The number of benzene rings is 2. The largest absolute Gasteiger partial charge is 0.618 e. The SMILES string of the molecule is COc1cc[n+]([O-])c(C(=O)N[C@@H](C)C(=O)O[C@@H](C)[C@H](c2ccccc2)c2ccc(C)cc2F)c1O. The van der Waals surface area contributed by atoms with E-state index in [1.54, 1.807) is 26.0 Å². The lowest BCUT2D eigenvalue weighted by atomic mass is 9.86. The number of aromatic nitrogens is 1. The van der Waals surface area contributed by atoms with Gasteiger partial charge in [0.05, 0.1) is 7.11 Å². The fourth-order valence-corrected chi connectivity index (χ4v) is 3.81. The fraction of sp³-hybridized carbons (Fsp3) is 0.269. The normalized spacial score (nSPS) is 13.4. The minimum atomic E-state index is -1.17. The highest BCUT2D eigenvalue weighted by Gasteiger charge is 2.32. The molecule has 0 fully saturated rings. The van der Waals surface area contributed by atoms with Gasteiger partial charge in [-0.05, 0) is 43.5 Å². The van der Waals surface area contributed by atoms with Gasteiger partial charge in [0.25, 0.3) is 0 Å². The summed E-state index contributed by atoms with van der Waals surface area (Å²) in [5, 5.41) is 24.5. The number of halogens is 1. The van der Waals surface area contributed by atoms with Gasteiger partial charge in [0.2, 0.25) is 5.75 Å². The molecule has 1 aromatic heterocycles. The number of methoxy groups -OCH3 is 1. The van der Waals surface area contributed by atoms with Crippen LogP contribution in [0.4, 0.5) is 4.39 Å². The number of aryl methyl sites for hydroxylation is 1. The number of esters is 1. The Bertz CT molecular complexity index is 1220. The van der Waals surface area contributed by atoms with E-state index in [-0.39, 0.29) is 10.5 Å². The second-order valence-electron chi connectivity index (χ2n) is 8.16. The van der Waals surface area contributed by atoms with Crippen molar-refractivity contribution in [1.82, 2.24) is 5.32 Å². The van der Waals surface area contributed by atoms with Crippen LogP contribution < -0.4 is 14.8 Å². The molecule has 0 radical (unpaired) electrons. The van der Waals surface area contributed by atoms with Gasteiger partial charge in [-0.2, -0.15) is 4.73 Å². The van der Waals surface area contributed by atoms with Gasteiger partial charge in [0.1, 0.15) is 18.0 Å². The number of carbonyl (C=O) groups is 2. The molecule has 3 aromatic rings. The lowest BCUT2D eigenvalue weighted by Gasteiger charge is -2.27. The van der Waals surface area contributed by atoms with Crippen LogP contribution in [-0.2, 0) is 9.53 Å². The molecule has 184 valence electrons. The van der Waals surface area contributed by atoms with Gasteiger partial charge in [0, 0.05) is 12.0 Å². The molecule has 9 heteroatoms. The number of aromatic hydroxyl groups is 1. The summed E-state index contributed by atoms with van der Waals surface area (Å²) < 4.78 is 25.6. The predicted octanol–water partition coefficient (Wildman–Crippen LogP) is 3.36. The first kappa shape index (κ1) is 25.5. The first-order chi connectivity index (χ1) is 16.6. The smallest absolute Gasteiger partial charge is 0.328 e. The van der Waals surface area contributed by atoms with Crippen molar-refractivity contribution in [3.63, 3.8) is 0 Å². The minimum Gasteiger partial charge on any atom is -0.618 e. The molecule has 3 rings (SSSR count). The van der Waals surface area contributed by atoms with Gasteiger partial charge in [-0.1, -0.05) is 42.5 Å². The second kappa shape index (κ2) is 10.9. The molecule has 0 saturated carbocycles. The topological polar surface area (TPSA) is 112 Å². The van der Waals surface area contributed by atoms with Crippen LogP contribution in [0, 0.1) is 17.9 Å². The molecule has 1 amide bonds. The lowest BCUT2D eigenvalue weighted by Crippen LogP contribution is -2.46. The molecular formula is C26H27FN2O6. The Morgan fingerprint density at radius 2 is 1.80 bits per heavy atom. The number of nitrogens with one attached hydrogen (secondary N) is 1. The zero-order chi connectivity index (χ0) is 25.7. The fourth-order valence-electron chi connectivity index (χ4n) is 3.81. The zero-order valence-electron chi connectivity index (χ0n) is 19.8. The van der Waals surface area contributed by atoms with E-state index in [2.05, 4.69) is 5.32 Å². The third-order valence-corrected chi connectivity index (χ3v) is 5.60. The molecule has 35 heavy (non-hydrogen) atoms. The molecule has 0 aliphatic rings. The van der Waals surface area contributed by atoms with Crippen LogP contribution in [0.25, 0.3) is 0 Å². The zero-order valence-corrected chi connectivity index (χ0v) is 19.8. The molecule has 0 aliphatic heterocycles.